The van der Waals surface area contributed by atoms with Crippen LogP contribution in [-0.2, 0) is 14.4 Å². The first-order valence-corrected chi connectivity index (χ1v) is 8.44. The van der Waals surface area contributed by atoms with Crippen LogP contribution in [0, 0.1) is 23.0 Å². The highest BCUT2D eigenvalue weighted by molar-refractivity contribution is 6.22. The molecule has 2 fully saturated rings. The van der Waals surface area contributed by atoms with Gasteiger partial charge in [0.2, 0.25) is 11.8 Å². The Morgan fingerprint density at radius 3 is 2.50 bits per heavy atom. The summed E-state index contributed by atoms with van der Waals surface area (Å²) in [5.74, 6) is -1.29. The summed E-state index contributed by atoms with van der Waals surface area (Å²) >= 11 is 0. The maximum Gasteiger partial charge on any atom is 0.271 e. The number of primary amides is 1. The molecule has 0 saturated carbocycles. The van der Waals surface area contributed by atoms with Crippen molar-refractivity contribution < 1.29 is 19.3 Å². The topological polar surface area (TPSA) is 127 Å². The highest BCUT2D eigenvalue weighted by Gasteiger charge is 2.44. The maximum atomic E-state index is 12.9. The van der Waals surface area contributed by atoms with Gasteiger partial charge in [0.05, 0.1) is 23.1 Å². The standard InChI is InChI=1S/C17H20N4O5/c1-10-2-3-12(21(25)26)8-13(10)20-15(22)9-14(17(20)24)19-6-4-11(5-7-19)16(18)23/h2-3,8,11,14H,4-7,9H2,1H3,(H2,18,23)/t14-/m0/s1. The molecule has 1 atom stereocenters. The number of imide groups is 1. The summed E-state index contributed by atoms with van der Waals surface area (Å²) in [6, 6.07) is 3.53. The van der Waals surface area contributed by atoms with Crippen molar-refractivity contribution in [1.29, 1.82) is 0 Å². The minimum Gasteiger partial charge on any atom is -0.369 e. The van der Waals surface area contributed by atoms with E-state index in [0.29, 0.717) is 31.5 Å². The van der Waals surface area contributed by atoms with Crippen LogP contribution in [0.3, 0.4) is 0 Å². The van der Waals surface area contributed by atoms with Crippen LogP contribution in [0.2, 0.25) is 0 Å². The second-order valence-corrected chi connectivity index (χ2v) is 6.73. The van der Waals surface area contributed by atoms with Crippen LogP contribution in [0.4, 0.5) is 11.4 Å². The van der Waals surface area contributed by atoms with Crippen molar-refractivity contribution in [1.82, 2.24) is 4.90 Å². The highest BCUT2D eigenvalue weighted by atomic mass is 16.6. The Morgan fingerprint density at radius 1 is 1.27 bits per heavy atom. The Bertz CT molecular complexity index is 785. The van der Waals surface area contributed by atoms with Crippen LogP contribution < -0.4 is 10.6 Å². The van der Waals surface area contributed by atoms with Gasteiger partial charge in [-0.25, -0.2) is 4.90 Å². The van der Waals surface area contributed by atoms with Gasteiger partial charge in [0.1, 0.15) is 0 Å². The van der Waals surface area contributed by atoms with E-state index in [4.69, 9.17) is 5.73 Å². The number of nitrogens with two attached hydrogens (primary N) is 1. The summed E-state index contributed by atoms with van der Waals surface area (Å²) in [6.07, 6.45) is 1.15. The average Bonchev–Trinajstić information content (AvgIpc) is 2.90. The van der Waals surface area contributed by atoms with Crippen molar-refractivity contribution in [3.63, 3.8) is 0 Å². The lowest BCUT2D eigenvalue weighted by atomic mass is 9.95. The van der Waals surface area contributed by atoms with Gasteiger partial charge >= 0.3 is 0 Å². The third kappa shape index (κ3) is 3.17. The quantitative estimate of drug-likeness (QED) is 0.479. The molecule has 2 aliphatic heterocycles. The van der Waals surface area contributed by atoms with Crippen molar-refractivity contribution in [3.05, 3.63) is 33.9 Å². The Labute approximate surface area is 149 Å². The summed E-state index contributed by atoms with van der Waals surface area (Å²) in [4.78, 5) is 50.0. The van der Waals surface area contributed by atoms with Crippen LogP contribution in [0.5, 0.6) is 0 Å². The van der Waals surface area contributed by atoms with Crippen LogP contribution >= 0.6 is 0 Å². The Hall–Kier alpha value is -2.81. The fourth-order valence-corrected chi connectivity index (χ4v) is 3.60. The Morgan fingerprint density at radius 2 is 1.92 bits per heavy atom. The molecule has 2 N–H and O–H groups in total. The number of rotatable bonds is 4. The second kappa shape index (κ2) is 6.83. The largest absolute Gasteiger partial charge is 0.369 e. The molecule has 9 heteroatoms. The van der Waals surface area contributed by atoms with Gasteiger partial charge in [0.15, 0.2) is 0 Å². The first kappa shape index (κ1) is 18.0. The lowest BCUT2D eigenvalue weighted by molar-refractivity contribution is -0.384. The molecule has 3 amide bonds. The highest BCUT2D eigenvalue weighted by Crippen LogP contribution is 2.32. The van der Waals surface area contributed by atoms with Gasteiger partial charge in [-0.05, 0) is 38.4 Å². The van der Waals surface area contributed by atoms with Crippen molar-refractivity contribution in [2.75, 3.05) is 18.0 Å². The smallest absolute Gasteiger partial charge is 0.271 e. The fraction of sp³-hybridized carbons (Fsp3) is 0.471. The van der Waals surface area contributed by atoms with E-state index in [2.05, 4.69) is 0 Å². The Kier molecular flexibility index (Phi) is 4.73. The van der Waals surface area contributed by atoms with E-state index in [9.17, 15) is 24.5 Å². The average molecular weight is 360 g/mol. The molecule has 0 aliphatic carbocycles. The maximum absolute atomic E-state index is 12.9. The number of carbonyl (C=O) groups excluding carboxylic acids is 3. The number of anilines is 1. The van der Waals surface area contributed by atoms with Crippen molar-refractivity contribution in [3.8, 4) is 0 Å². The van der Waals surface area contributed by atoms with E-state index in [1.807, 2.05) is 4.90 Å². The zero-order chi connectivity index (χ0) is 19.0. The summed E-state index contributed by atoms with van der Waals surface area (Å²) in [5, 5.41) is 11.0. The molecule has 0 bridgehead atoms. The monoisotopic (exact) mass is 360 g/mol. The van der Waals surface area contributed by atoms with Crippen LogP contribution in [-0.4, -0.2) is 46.7 Å². The SMILES string of the molecule is Cc1ccc([N+](=O)[O-])cc1N1C(=O)C[C@H](N2CCC(C(N)=O)CC2)C1=O. The molecule has 0 radical (unpaired) electrons. The third-order valence-corrected chi connectivity index (χ3v) is 5.14. The minimum absolute atomic E-state index is 0.0300. The molecule has 26 heavy (non-hydrogen) atoms. The summed E-state index contributed by atoms with van der Waals surface area (Å²) in [5.41, 5.74) is 6.03. The normalized spacial score (nSPS) is 22.0. The lowest BCUT2D eigenvalue weighted by Gasteiger charge is -2.33. The molecule has 0 unspecified atom stereocenters. The van der Waals surface area contributed by atoms with Gasteiger partial charge in [0, 0.05) is 18.1 Å². The van der Waals surface area contributed by atoms with E-state index < -0.39 is 11.0 Å². The molecule has 2 heterocycles. The Balaban J connectivity index is 1.81. The first-order valence-electron chi connectivity index (χ1n) is 8.44. The molecular weight excluding hydrogens is 340 g/mol. The molecular formula is C17H20N4O5. The number of aryl methyl sites for hydroxylation is 1. The summed E-state index contributed by atoms with van der Waals surface area (Å²) in [7, 11) is 0. The van der Waals surface area contributed by atoms with Gasteiger partial charge in [-0.3, -0.25) is 29.4 Å². The van der Waals surface area contributed by atoms with Gasteiger partial charge in [-0.15, -0.1) is 0 Å². The van der Waals surface area contributed by atoms with E-state index in [-0.39, 0.29) is 41.4 Å². The molecule has 9 nitrogen and oxygen atoms in total. The number of hydrogen-bond acceptors (Lipinski definition) is 6. The number of benzene rings is 1. The van der Waals surface area contributed by atoms with Gasteiger partial charge in [-0.1, -0.05) is 6.07 Å². The number of non-ortho nitro benzene ring substituents is 1. The van der Waals surface area contributed by atoms with Crippen molar-refractivity contribution in [2.45, 2.75) is 32.2 Å². The molecule has 1 aromatic rings. The van der Waals surface area contributed by atoms with E-state index in [1.54, 1.807) is 6.92 Å². The van der Waals surface area contributed by atoms with Gasteiger partial charge in [-0.2, -0.15) is 0 Å². The molecule has 3 rings (SSSR count). The van der Waals surface area contributed by atoms with E-state index in [1.165, 1.54) is 18.2 Å². The van der Waals surface area contributed by atoms with Crippen LogP contribution in [0.25, 0.3) is 0 Å². The molecule has 2 aliphatic rings. The third-order valence-electron chi connectivity index (χ3n) is 5.14. The molecule has 0 spiro atoms. The van der Waals surface area contributed by atoms with E-state index >= 15 is 0 Å². The van der Waals surface area contributed by atoms with E-state index in [0.717, 1.165) is 4.90 Å². The first-order chi connectivity index (χ1) is 12.3. The molecule has 138 valence electrons. The molecule has 0 aromatic heterocycles. The minimum atomic E-state index is -0.602. The van der Waals surface area contributed by atoms with Crippen molar-refractivity contribution in [2.24, 2.45) is 11.7 Å². The van der Waals surface area contributed by atoms with Gasteiger partial charge < -0.3 is 5.73 Å². The predicted molar refractivity (Wildman–Crippen MR) is 92.2 cm³/mol. The number of nitrogens with zero attached hydrogens (tertiary/aromatic N) is 3. The zero-order valence-electron chi connectivity index (χ0n) is 14.4. The number of nitro benzene ring substituents is 1. The number of amides is 3. The van der Waals surface area contributed by atoms with Crippen molar-refractivity contribution >= 4 is 29.1 Å². The fourth-order valence-electron chi connectivity index (χ4n) is 3.60. The lowest BCUT2D eigenvalue weighted by Crippen LogP contribution is -2.47. The number of carbonyl (C=O) groups is 3. The number of likely N-dealkylation sites (tertiary alicyclic amines) is 1. The van der Waals surface area contributed by atoms with Crippen LogP contribution in [0.15, 0.2) is 18.2 Å². The molecule has 2 saturated heterocycles. The second-order valence-electron chi connectivity index (χ2n) is 6.73. The zero-order valence-corrected chi connectivity index (χ0v) is 14.4. The predicted octanol–water partition coefficient (Wildman–Crippen LogP) is 0.732. The van der Waals surface area contributed by atoms with Crippen LogP contribution in [0.1, 0.15) is 24.8 Å². The number of hydrogen-bond donors (Lipinski definition) is 1. The van der Waals surface area contributed by atoms with Gasteiger partial charge in [0.25, 0.3) is 11.6 Å². The number of nitro groups is 1. The summed E-state index contributed by atoms with van der Waals surface area (Å²) in [6.45, 7) is 2.73. The summed E-state index contributed by atoms with van der Waals surface area (Å²) < 4.78 is 0. The number of piperidine rings is 1. The molecule has 1 aromatic carbocycles.